The van der Waals surface area contributed by atoms with Crippen molar-refractivity contribution < 1.29 is 4.79 Å². The number of carbonyl (C=O) groups is 1. The van der Waals surface area contributed by atoms with E-state index in [2.05, 4.69) is 11.8 Å². The predicted molar refractivity (Wildman–Crippen MR) is 47.7 cm³/mol. The fraction of sp³-hybridized carbons (Fsp3) is 0.875. The molecule has 0 aromatic carbocycles. The standard InChI is InChI=1S/C8H17N3O/c1-3-11-5-4-10(2)8(12)7(9)6-11/h7H,3-6,9H2,1-2H3/t7-/m0/s1. The molecule has 2 N–H and O–H groups in total. The van der Waals surface area contributed by atoms with Crippen LogP contribution in [0.1, 0.15) is 6.92 Å². The number of rotatable bonds is 1. The molecule has 1 aliphatic heterocycles. The third-order valence-corrected chi connectivity index (χ3v) is 2.35. The van der Waals surface area contributed by atoms with Crippen molar-refractivity contribution in [3.63, 3.8) is 0 Å². The first-order chi connectivity index (χ1) is 5.65. The van der Waals surface area contributed by atoms with Gasteiger partial charge in [0.15, 0.2) is 0 Å². The Hall–Kier alpha value is -0.610. The monoisotopic (exact) mass is 171 g/mol. The fourth-order valence-electron chi connectivity index (χ4n) is 1.42. The number of hydrogen-bond acceptors (Lipinski definition) is 3. The third kappa shape index (κ3) is 1.95. The maximum Gasteiger partial charge on any atom is 0.240 e. The Morgan fingerprint density at radius 3 is 2.83 bits per heavy atom. The van der Waals surface area contributed by atoms with Gasteiger partial charge < -0.3 is 10.6 Å². The van der Waals surface area contributed by atoms with Gasteiger partial charge in [-0.15, -0.1) is 0 Å². The quantitative estimate of drug-likeness (QED) is 0.556. The van der Waals surface area contributed by atoms with Gasteiger partial charge in [0, 0.05) is 26.7 Å². The van der Waals surface area contributed by atoms with Crippen LogP contribution in [0.4, 0.5) is 0 Å². The lowest BCUT2D eigenvalue weighted by Crippen LogP contribution is -2.44. The molecule has 0 aliphatic carbocycles. The van der Waals surface area contributed by atoms with E-state index in [1.807, 2.05) is 0 Å². The summed E-state index contributed by atoms with van der Waals surface area (Å²) in [5.74, 6) is 0.0611. The number of amides is 1. The molecule has 4 heteroatoms. The summed E-state index contributed by atoms with van der Waals surface area (Å²) in [5, 5.41) is 0. The molecule has 0 radical (unpaired) electrons. The summed E-state index contributed by atoms with van der Waals surface area (Å²) in [4.78, 5) is 15.3. The van der Waals surface area contributed by atoms with E-state index < -0.39 is 0 Å². The average molecular weight is 171 g/mol. The van der Waals surface area contributed by atoms with Crippen LogP contribution in [0.5, 0.6) is 0 Å². The summed E-state index contributed by atoms with van der Waals surface area (Å²) in [7, 11) is 1.81. The number of likely N-dealkylation sites (N-methyl/N-ethyl adjacent to an activating group) is 2. The lowest BCUT2D eigenvalue weighted by Gasteiger charge is -2.17. The number of hydrogen-bond donors (Lipinski definition) is 1. The molecule has 0 unspecified atom stereocenters. The van der Waals surface area contributed by atoms with E-state index in [-0.39, 0.29) is 11.9 Å². The Bertz CT molecular complexity index is 172. The maximum atomic E-state index is 11.4. The zero-order valence-electron chi connectivity index (χ0n) is 7.79. The summed E-state index contributed by atoms with van der Waals surface area (Å²) < 4.78 is 0. The third-order valence-electron chi connectivity index (χ3n) is 2.35. The molecule has 1 atom stereocenters. The SMILES string of the molecule is CCN1CCN(C)C(=O)[C@@H](N)C1. The van der Waals surface area contributed by atoms with Crippen LogP contribution in [-0.4, -0.2) is 55.0 Å². The van der Waals surface area contributed by atoms with Gasteiger partial charge in [-0.25, -0.2) is 0 Å². The number of nitrogens with two attached hydrogens (primary N) is 1. The van der Waals surface area contributed by atoms with E-state index in [0.29, 0.717) is 6.54 Å². The average Bonchev–Trinajstić information content (AvgIpc) is 2.19. The highest BCUT2D eigenvalue weighted by molar-refractivity contribution is 5.81. The molecule has 1 fully saturated rings. The highest BCUT2D eigenvalue weighted by Crippen LogP contribution is 2.00. The van der Waals surface area contributed by atoms with Crippen LogP contribution < -0.4 is 5.73 Å². The summed E-state index contributed by atoms with van der Waals surface area (Å²) in [6.45, 7) is 5.48. The molecule has 12 heavy (non-hydrogen) atoms. The van der Waals surface area contributed by atoms with Crippen LogP contribution in [0.3, 0.4) is 0 Å². The van der Waals surface area contributed by atoms with Crippen LogP contribution in [0.2, 0.25) is 0 Å². The normalized spacial score (nSPS) is 27.4. The highest BCUT2D eigenvalue weighted by Gasteiger charge is 2.23. The molecule has 70 valence electrons. The van der Waals surface area contributed by atoms with Crippen molar-refractivity contribution in [2.75, 3.05) is 33.2 Å². The predicted octanol–water partition coefficient (Wildman–Crippen LogP) is -0.892. The fourth-order valence-corrected chi connectivity index (χ4v) is 1.42. The molecule has 0 bridgehead atoms. The lowest BCUT2D eigenvalue weighted by molar-refractivity contribution is -0.130. The largest absolute Gasteiger partial charge is 0.343 e. The van der Waals surface area contributed by atoms with Crippen LogP contribution in [-0.2, 0) is 4.79 Å². The molecule has 1 heterocycles. The van der Waals surface area contributed by atoms with Gasteiger partial charge in [0.2, 0.25) is 5.91 Å². The second kappa shape index (κ2) is 3.87. The van der Waals surface area contributed by atoms with E-state index in [1.54, 1.807) is 11.9 Å². The van der Waals surface area contributed by atoms with Gasteiger partial charge in [-0.2, -0.15) is 0 Å². The van der Waals surface area contributed by atoms with Gasteiger partial charge in [-0.1, -0.05) is 6.92 Å². The van der Waals surface area contributed by atoms with Crippen LogP contribution in [0.25, 0.3) is 0 Å². The molecule has 0 spiro atoms. The van der Waals surface area contributed by atoms with Gasteiger partial charge in [-0.3, -0.25) is 9.69 Å². The Kier molecular flexibility index (Phi) is 3.05. The topological polar surface area (TPSA) is 49.6 Å². The maximum absolute atomic E-state index is 11.4. The van der Waals surface area contributed by atoms with E-state index in [1.165, 1.54) is 0 Å². The van der Waals surface area contributed by atoms with E-state index in [9.17, 15) is 4.79 Å². The number of carbonyl (C=O) groups excluding carboxylic acids is 1. The second-order valence-corrected chi connectivity index (χ2v) is 3.26. The first kappa shape index (κ1) is 9.48. The molecule has 4 nitrogen and oxygen atoms in total. The Morgan fingerprint density at radius 1 is 1.58 bits per heavy atom. The molecule has 1 saturated heterocycles. The molecule has 0 saturated carbocycles. The minimum Gasteiger partial charge on any atom is -0.343 e. The summed E-state index contributed by atoms with van der Waals surface area (Å²) in [5.41, 5.74) is 5.70. The van der Waals surface area contributed by atoms with Crippen molar-refractivity contribution in [1.29, 1.82) is 0 Å². The Balaban J connectivity index is 2.59. The zero-order valence-corrected chi connectivity index (χ0v) is 7.79. The molecular weight excluding hydrogens is 154 g/mol. The van der Waals surface area contributed by atoms with Gasteiger partial charge in [0.05, 0.1) is 6.04 Å². The van der Waals surface area contributed by atoms with Crippen molar-refractivity contribution in [3.05, 3.63) is 0 Å². The number of nitrogens with zero attached hydrogens (tertiary/aromatic N) is 2. The van der Waals surface area contributed by atoms with Gasteiger partial charge in [-0.05, 0) is 6.54 Å². The minimum atomic E-state index is -0.336. The molecule has 1 amide bonds. The highest BCUT2D eigenvalue weighted by atomic mass is 16.2. The Morgan fingerprint density at radius 2 is 2.25 bits per heavy atom. The van der Waals surface area contributed by atoms with Crippen molar-refractivity contribution in [2.45, 2.75) is 13.0 Å². The van der Waals surface area contributed by atoms with E-state index >= 15 is 0 Å². The first-order valence-corrected chi connectivity index (χ1v) is 4.38. The molecular formula is C8H17N3O. The van der Waals surface area contributed by atoms with Crippen molar-refractivity contribution in [3.8, 4) is 0 Å². The smallest absolute Gasteiger partial charge is 0.240 e. The van der Waals surface area contributed by atoms with Crippen molar-refractivity contribution in [2.24, 2.45) is 5.73 Å². The summed E-state index contributed by atoms with van der Waals surface area (Å²) in [6, 6.07) is -0.336. The van der Waals surface area contributed by atoms with Gasteiger partial charge in [0.25, 0.3) is 0 Å². The van der Waals surface area contributed by atoms with E-state index in [0.717, 1.165) is 19.6 Å². The second-order valence-electron chi connectivity index (χ2n) is 3.26. The van der Waals surface area contributed by atoms with Crippen molar-refractivity contribution >= 4 is 5.91 Å². The van der Waals surface area contributed by atoms with Gasteiger partial charge >= 0.3 is 0 Å². The molecule has 0 aromatic heterocycles. The van der Waals surface area contributed by atoms with Crippen molar-refractivity contribution in [1.82, 2.24) is 9.80 Å². The van der Waals surface area contributed by atoms with Crippen LogP contribution in [0, 0.1) is 0 Å². The van der Waals surface area contributed by atoms with Gasteiger partial charge in [0.1, 0.15) is 0 Å². The van der Waals surface area contributed by atoms with Crippen LogP contribution in [0.15, 0.2) is 0 Å². The van der Waals surface area contributed by atoms with E-state index in [4.69, 9.17) is 5.73 Å². The molecule has 1 aliphatic rings. The zero-order chi connectivity index (χ0) is 9.14. The minimum absolute atomic E-state index is 0.0611. The first-order valence-electron chi connectivity index (χ1n) is 4.38. The lowest BCUT2D eigenvalue weighted by atomic mass is 10.3. The summed E-state index contributed by atoms with van der Waals surface area (Å²) in [6.07, 6.45) is 0. The molecule has 0 aromatic rings. The Labute approximate surface area is 73.3 Å². The summed E-state index contributed by atoms with van der Waals surface area (Å²) >= 11 is 0. The molecule has 1 rings (SSSR count). The van der Waals surface area contributed by atoms with Crippen LogP contribution >= 0.6 is 0 Å².